The lowest BCUT2D eigenvalue weighted by atomic mass is 10.2. The first kappa shape index (κ1) is 8.27. The smallest absolute Gasteiger partial charge is 0.183 e. The summed E-state index contributed by atoms with van der Waals surface area (Å²) in [5.41, 5.74) is 0. The summed E-state index contributed by atoms with van der Waals surface area (Å²) in [5.74, 6) is 0.414. The minimum absolute atomic E-state index is 0.0541. The van der Waals surface area contributed by atoms with Crippen molar-refractivity contribution in [2.45, 2.75) is 24.9 Å². The van der Waals surface area contributed by atoms with Crippen molar-refractivity contribution < 1.29 is 14.6 Å². The van der Waals surface area contributed by atoms with E-state index in [9.17, 15) is 5.11 Å². The number of aliphatic hydroxyl groups is 1. The number of methoxy groups -OCH3 is 1. The van der Waals surface area contributed by atoms with Crippen LogP contribution in [0.2, 0.25) is 0 Å². The predicted octanol–water partition coefficient (Wildman–Crippen LogP) is 0.347. The van der Waals surface area contributed by atoms with Crippen molar-refractivity contribution >= 4 is 11.6 Å². The Morgan fingerprint density at radius 3 is 2.80 bits per heavy atom. The second kappa shape index (κ2) is 3.53. The van der Waals surface area contributed by atoms with Gasteiger partial charge in [-0.15, -0.1) is 11.6 Å². The van der Waals surface area contributed by atoms with E-state index in [1.165, 1.54) is 7.11 Å². The molecule has 1 N–H and O–H groups in total. The molecule has 1 rings (SSSR count). The fourth-order valence-corrected chi connectivity index (χ4v) is 1.23. The predicted molar refractivity (Wildman–Crippen MR) is 37.0 cm³/mol. The van der Waals surface area contributed by atoms with E-state index >= 15 is 0 Å². The fraction of sp³-hybridized carbons (Fsp3) is 1.00. The number of alkyl halides is 1. The van der Waals surface area contributed by atoms with E-state index in [-0.39, 0.29) is 6.10 Å². The maximum Gasteiger partial charge on any atom is 0.183 e. The van der Waals surface area contributed by atoms with Gasteiger partial charge in [-0.3, -0.25) is 0 Å². The summed E-state index contributed by atoms with van der Waals surface area (Å²) < 4.78 is 9.99. The normalized spacial score (nSPS) is 40.5. The molecule has 1 saturated heterocycles. The van der Waals surface area contributed by atoms with Gasteiger partial charge in [-0.05, 0) is 0 Å². The third-order valence-corrected chi connectivity index (χ3v) is 1.89. The zero-order valence-electron chi connectivity index (χ0n) is 5.79. The Morgan fingerprint density at radius 1 is 1.80 bits per heavy atom. The molecule has 0 amide bonds. The van der Waals surface area contributed by atoms with Crippen molar-refractivity contribution in [2.24, 2.45) is 0 Å². The number of ether oxygens (including phenoxy) is 2. The van der Waals surface area contributed by atoms with Crippen LogP contribution in [0.3, 0.4) is 0 Å². The molecule has 0 aromatic rings. The first-order valence-electron chi connectivity index (χ1n) is 3.20. The number of aliphatic hydroxyl groups excluding tert-OH is 1. The highest BCUT2D eigenvalue weighted by atomic mass is 35.5. The summed E-state index contributed by atoms with van der Waals surface area (Å²) in [4.78, 5) is 0. The Morgan fingerprint density at radius 2 is 2.50 bits per heavy atom. The van der Waals surface area contributed by atoms with Crippen molar-refractivity contribution in [2.75, 3.05) is 13.0 Å². The maximum absolute atomic E-state index is 9.18. The van der Waals surface area contributed by atoms with Gasteiger partial charge in [0.2, 0.25) is 0 Å². The molecule has 1 aliphatic heterocycles. The van der Waals surface area contributed by atoms with Crippen LogP contribution < -0.4 is 0 Å². The lowest BCUT2D eigenvalue weighted by molar-refractivity contribution is -0.144. The van der Waals surface area contributed by atoms with Crippen molar-refractivity contribution in [3.63, 3.8) is 0 Å². The lowest BCUT2D eigenvalue weighted by Crippen LogP contribution is -2.22. The molecule has 0 aromatic carbocycles. The average Bonchev–Trinajstić information content (AvgIpc) is 2.30. The van der Waals surface area contributed by atoms with Crippen LogP contribution in [0.5, 0.6) is 0 Å². The third-order valence-electron chi connectivity index (χ3n) is 1.55. The van der Waals surface area contributed by atoms with Crippen LogP contribution in [-0.2, 0) is 9.47 Å². The van der Waals surface area contributed by atoms with Crippen molar-refractivity contribution in [3.05, 3.63) is 0 Å². The van der Waals surface area contributed by atoms with Gasteiger partial charge in [0.05, 0.1) is 6.10 Å². The molecule has 10 heavy (non-hydrogen) atoms. The van der Waals surface area contributed by atoms with Crippen molar-refractivity contribution in [1.29, 1.82) is 0 Å². The summed E-state index contributed by atoms with van der Waals surface area (Å²) in [7, 11) is 1.50. The van der Waals surface area contributed by atoms with Crippen LogP contribution >= 0.6 is 11.6 Å². The lowest BCUT2D eigenvalue weighted by Gasteiger charge is -2.10. The highest BCUT2D eigenvalue weighted by molar-refractivity contribution is 6.18. The molecule has 60 valence electrons. The molecule has 0 bridgehead atoms. The van der Waals surface area contributed by atoms with Crippen molar-refractivity contribution in [1.82, 2.24) is 0 Å². The van der Waals surface area contributed by atoms with Gasteiger partial charge in [0, 0.05) is 19.4 Å². The minimum atomic E-state index is -0.520. The fourth-order valence-electron chi connectivity index (χ4n) is 1.03. The van der Waals surface area contributed by atoms with Gasteiger partial charge in [-0.1, -0.05) is 0 Å². The highest BCUT2D eigenvalue weighted by Gasteiger charge is 2.32. The molecule has 1 heterocycles. The second-order valence-electron chi connectivity index (χ2n) is 2.32. The molecular weight excluding hydrogens is 156 g/mol. The van der Waals surface area contributed by atoms with Gasteiger partial charge in [0.15, 0.2) is 6.29 Å². The summed E-state index contributed by atoms with van der Waals surface area (Å²) in [6, 6.07) is 0. The van der Waals surface area contributed by atoms with E-state index in [2.05, 4.69) is 0 Å². The third kappa shape index (κ3) is 1.61. The van der Waals surface area contributed by atoms with E-state index in [0.717, 1.165) is 0 Å². The van der Waals surface area contributed by atoms with Crippen LogP contribution in [-0.4, -0.2) is 36.6 Å². The van der Waals surface area contributed by atoms with Crippen LogP contribution in [0.1, 0.15) is 6.42 Å². The second-order valence-corrected chi connectivity index (χ2v) is 2.63. The molecule has 0 radical (unpaired) electrons. The number of hydrogen-bond acceptors (Lipinski definition) is 3. The molecule has 1 fully saturated rings. The molecule has 0 aromatic heterocycles. The Bertz CT molecular complexity index is 109. The Labute approximate surface area is 64.9 Å². The minimum Gasteiger partial charge on any atom is -0.388 e. The maximum atomic E-state index is 9.18. The Kier molecular flexibility index (Phi) is 2.92. The average molecular weight is 167 g/mol. The number of hydrogen-bond donors (Lipinski definition) is 1. The van der Waals surface area contributed by atoms with Crippen molar-refractivity contribution in [3.8, 4) is 0 Å². The molecule has 0 saturated carbocycles. The van der Waals surface area contributed by atoms with Gasteiger partial charge in [-0.25, -0.2) is 0 Å². The highest BCUT2D eigenvalue weighted by Crippen LogP contribution is 2.21. The van der Waals surface area contributed by atoms with Crippen LogP contribution in [0.4, 0.5) is 0 Å². The van der Waals surface area contributed by atoms with Crippen LogP contribution in [0, 0.1) is 0 Å². The number of halogens is 1. The Balaban J connectivity index is 2.36. The molecule has 0 aliphatic carbocycles. The molecule has 3 atom stereocenters. The van der Waals surface area contributed by atoms with Gasteiger partial charge < -0.3 is 14.6 Å². The van der Waals surface area contributed by atoms with Gasteiger partial charge in [0.25, 0.3) is 0 Å². The van der Waals surface area contributed by atoms with E-state index in [4.69, 9.17) is 21.1 Å². The number of rotatable bonds is 2. The molecule has 1 aliphatic rings. The van der Waals surface area contributed by atoms with E-state index < -0.39 is 12.4 Å². The SMILES string of the molecule is COC1OC(CCl)CC1O. The topological polar surface area (TPSA) is 38.7 Å². The molecule has 4 heteroatoms. The summed E-state index contributed by atoms with van der Waals surface area (Å²) >= 11 is 5.50. The largest absolute Gasteiger partial charge is 0.388 e. The van der Waals surface area contributed by atoms with E-state index in [0.29, 0.717) is 12.3 Å². The van der Waals surface area contributed by atoms with Crippen LogP contribution in [0.15, 0.2) is 0 Å². The van der Waals surface area contributed by atoms with Gasteiger partial charge >= 0.3 is 0 Å². The summed E-state index contributed by atoms with van der Waals surface area (Å²) in [6.45, 7) is 0. The first-order valence-corrected chi connectivity index (χ1v) is 3.73. The Hall–Kier alpha value is 0.170. The first-order chi connectivity index (χ1) is 4.77. The molecule has 3 unspecified atom stereocenters. The van der Waals surface area contributed by atoms with Crippen LogP contribution in [0.25, 0.3) is 0 Å². The summed E-state index contributed by atoms with van der Waals surface area (Å²) in [5, 5.41) is 9.18. The molecular formula is C6H11ClO3. The zero-order valence-corrected chi connectivity index (χ0v) is 6.54. The van der Waals surface area contributed by atoms with Gasteiger partial charge in [-0.2, -0.15) is 0 Å². The zero-order chi connectivity index (χ0) is 7.56. The summed E-state index contributed by atoms with van der Waals surface area (Å²) in [6.07, 6.45) is -0.485. The quantitative estimate of drug-likeness (QED) is 0.602. The standard InChI is InChI=1S/C6H11ClO3/c1-9-6-5(8)2-4(3-7)10-6/h4-6,8H,2-3H2,1H3. The molecule has 3 nitrogen and oxygen atoms in total. The van der Waals surface area contributed by atoms with Gasteiger partial charge in [0.1, 0.15) is 6.10 Å². The van der Waals surface area contributed by atoms with E-state index in [1.807, 2.05) is 0 Å². The van der Waals surface area contributed by atoms with E-state index in [1.54, 1.807) is 0 Å². The monoisotopic (exact) mass is 166 g/mol. The molecule has 0 spiro atoms.